The van der Waals surface area contributed by atoms with Crippen LogP contribution in [-0.2, 0) is 6.42 Å². The Morgan fingerprint density at radius 2 is 1.91 bits per heavy atom. The molecule has 0 saturated carbocycles. The lowest BCUT2D eigenvalue weighted by atomic mass is 10.1. The summed E-state index contributed by atoms with van der Waals surface area (Å²) in [5.74, 6) is 1.41. The van der Waals surface area contributed by atoms with E-state index < -0.39 is 0 Å². The van der Waals surface area contributed by atoms with Crippen LogP contribution in [0, 0.1) is 18.3 Å². The number of hydrogen-bond donors (Lipinski definition) is 0. The number of imidazole rings is 1. The fourth-order valence-electron chi connectivity index (χ4n) is 2.64. The van der Waals surface area contributed by atoms with E-state index in [9.17, 15) is 0 Å². The molecule has 0 aliphatic heterocycles. The topological polar surface area (TPSA) is 59.5 Å². The van der Waals surface area contributed by atoms with Gasteiger partial charge in [0.15, 0.2) is 11.5 Å². The number of nitrogens with zero attached hydrogens (tertiary/aromatic N) is 3. The van der Waals surface area contributed by atoms with Gasteiger partial charge in [0.05, 0.1) is 25.5 Å². The van der Waals surface area contributed by atoms with E-state index in [2.05, 4.69) is 11.1 Å². The predicted molar refractivity (Wildman–Crippen MR) is 87.0 cm³/mol. The van der Waals surface area contributed by atoms with Gasteiger partial charge in [0.25, 0.3) is 0 Å². The summed E-state index contributed by atoms with van der Waals surface area (Å²) >= 11 is 0. The normalized spacial score (nSPS) is 10.5. The number of benzene rings is 1. The molecule has 0 aliphatic rings. The molecule has 5 heteroatoms. The molecule has 0 N–H and O–H groups in total. The first-order valence-electron chi connectivity index (χ1n) is 7.25. The minimum Gasteiger partial charge on any atom is -0.493 e. The highest BCUT2D eigenvalue weighted by molar-refractivity contribution is 5.49. The lowest BCUT2D eigenvalue weighted by Crippen LogP contribution is -1.94. The van der Waals surface area contributed by atoms with Crippen LogP contribution in [0.2, 0.25) is 0 Å². The minimum absolute atomic E-state index is 0.660. The molecule has 0 amide bonds. The van der Waals surface area contributed by atoms with E-state index in [-0.39, 0.29) is 0 Å². The van der Waals surface area contributed by atoms with Crippen LogP contribution < -0.4 is 9.47 Å². The smallest absolute Gasteiger partial charge is 0.160 e. The fraction of sp³-hybridized carbons (Fsp3) is 0.222. The summed E-state index contributed by atoms with van der Waals surface area (Å²) in [6.07, 6.45) is 2.66. The number of hydrogen-bond acceptors (Lipinski definition) is 4. The summed E-state index contributed by atoms with van der Waals surface area (Å²) in [6, 6.07) is 11.7. The van der Waals surface area contributed by atoms with Gasteiger partial charge in [-0.25, -0.2) is 4.98 Å². The second-order valence-corrected chi connectivity index (χ2v) is 5.27. The number of methoxy groups -OCH3 is 2. The number of aromatic nitrogens is 2. The zero-order valence-corrected chi connectivity index (χ0v) is 13.3. The SMILES string of the molecule is COc1ccc(Cc2cn3c(C)c(C#N)ccc3n2)cc1OC. The Hall–Kier alpha value is -3.00. The summed E-state index contributed by atoms with van der Waals surface area (Å²) in [5, 5.41) is 9.12. The Kier molecular flexibility index (Phi) is 3.90. The molecule has 2 heterocycles. The maximum Gasteiger partial charge on any atom is 0.160 e. The molecule has 0 aliphatic carbocycles. The Morgan fingerprint density at radius 1 is 1.13 bits per heavy atom. The molecule has 0 saturated heterocycles. The standard InChI is InChI=1S/C18H17N3O2/c1-12-14(10-19)5-7-18-20-15(11-21(12)18)8-13-4-6-16(22-2)17(9-13)23-3/h4-7,9,11H,8H2,1-3H3. The Morgan fingerprint density at radius 3 is 2.61 bits per heavy atom. The molecule has 23 heavy (non-hydrogen) atoms. The molecule has 0 unspecified atom stereocenters. The van der Waals surface area contributed by atoms with Gasteiger partial charge < -0.3 is 13.9 Å². The third-order valence-electron chi connectivity index (χ3n) is 3.89. The molecule has 5 nitrogen and oxygen atoms in total. The first-order valence-corrected chi connectivity index (χ1v) is 7.25. The summed E-state index contributed by atoms with van der Waals surface area (Å²) in [6.45, 7) is 1.92. The van der Waals surface area contributed by atoms with E-state index >= 15 is 0 Å². The van der Waals surface area contributed by atoms with Crippen molar-refractivity contribution in [2.24, 2.45) is 0 Å². The molecular weight excluding hydrogens is 290 g/mol. The van der Waals surface area contributed by atoms with Gasteiger partial charge in [-0.1, -0.05) is 6.07 Å². The van der Waals surface area contributed by atoms with Gasteiger partial charge in [0.1, 0.15) is 11.7 Å². The van der Waals surface area contributed by atoms with Crippen LogP contribution in [0.3, 0.4) is 0 Å². The van der Waals surface area contributed by atoms with Crippen molar-refractivity contribution in [1.29, 1.82) is 5.26 Å². The zero-order valence-electron chi connectivity index (χ0n) is 13.3. The lowest BCUT2D eigenvalue weighted by molar-refractivity contribution is 0.354. The van der Waals surface area contributed by atoms with Crippen molar-refractivity contribution in [3.8, 4) is 17.6 Å². The lowest BCUT2D eigenvalue weighted by Gasteiger charge is -2.08. The monoisotopic (exact) mass is 307 g/mol. The third kappa shape index (κ3) is 2.71. The van der Waals surface area contributed by atoms with Crippen LogP contribution in [-0.4, -0.2) is 23.6 Å². The zero-order chi connectivity index (χ0) is 16.4. The second-order valence-electron chi connectivity index (χ2n) is 5.27. The van der Waals surface area contributed by atoms with Crippen molar-refractivity contribution in [3.05, 3.63) is 59.0 Å². The molecule has 0 spiro atoms. The van der Waals surface area contributed by atoms with Crippen molar-refractivity contribution >= 4 is 5.65 Å². The van der Waals surface area contributed by atoms with Crippen molar-refractivity contribution in [2.75, 3.05) is 14.2 Å². The number of rotatable bonds is 4. The molecule has 116 valence electrons. The van der Waals surface area contributed by atoms with E-state index in [1.165, 1.54) is 0 Å². The van der Waals surface area contributed by atoms with E-state index in [1.54, 1.807) is 20.3 Å². The van der Waals surface area contributed by atoms with Crippen LogP contribution in [0.25, 0.3) is 5.65 Å². The Balaban J connectivity index is 1.96. The van der Waals surface area contributed by atoms with Gasteiger partial charge >= 0.3 is 0 Å². The van der Waals surface area contributed by atoms with Gasteiger partial charge in [-0.2, -0.15) is 5.26 Å². The molecule has 1 aromatic carbocycles. The Bertz CT molecular complexity index is 907. The quantitative estimate of drug-likeness (QED) is 0.743. The largest absolute Gasteiger partial charge is 0.493 e. The highest BCUT2D eigenvalue weighted by atomic mass is 16.5. The molecule has 3 rings (SSSR count). The van der Waals surface area contributed by atoms with Crippen molar-refractivity contribution in [2.45, 2.75) is 13.3 Å². The van der Waals surface area contributed by atoms with Gasteiger partial charge in [0, 0.05) is 18.3 Å². The number of ether oxygens (including phenoxy) is 2. The van der Waals surface area contributed by atoms with Crippen molar-refractivity contribution < 1.29 is 9.47 Å². The maximum atomic E-state index is 9.12. The van der Waals surface area contributed by atoms with Crippen LogP contribution in [0.15, 0.2) is 36.5 Å². The number of aryl methyl sites for hydroxylation is 1. The van der Waals surface area contributed by atoms with Crippen molar-refractivity contribution in [3.63, 3.8) is 0 Å². The number of nitriles is 1. The van der Waals surface area contributed by atoms with E-state index in [1.807, 2.05) is 41.8 Å². The van der Waals surface area contributed by atoms with Gasteiger partial charge in [0.2, 0.25) is 0 Å². The van der Waals surface area contributed by atoms with Crippen LogP contribution in [0.1, 0.15) is 22.5 Å². The van der Waals surface area contributed by atoms with E-state index in [0.29, 0.717) is 23.5 Å². The van der Waals surface area contributed by atoms with Crippen LogP contribution >= 0.6 is 0 Å². The average molecular weight is 307 g/mol. The van der Waals surface area contributed by atoms with Crippen LogP contribution in [0.4, 0.5) is 0 Å². The summed E-state index contributed by atoms with van der Waals surface area (Å²) in [5.41, 5.74) is 4.43. The molecular formula is C18H17N3O2. The molecule has 2 aromatic heterocycles. The summed E-state index contributed by atoms with van der Waals surface area (Å²) in [7, 11) is 3.24. The van der Waals surface area contributed by atoms with Gasteiger partial charge in [-0.3, -0.25) is 0 Å². The third-order valence-corrected chi connectivity index (χ3v) is 3.89. The Labute approximate surface area is 134 Å². The highest BCUT2D eigenvalue weighted by Gasteiger charge is 2.09. The first kappa shape index (κ1) is 14.9. The first-order chi connectivity index (χ1) is 11.2. The number of pyridine rings is 1. The van der Waals surface area contributed by atoms with Gasteiger partial charge in [-0.05, 0) is 36.8 Å². The fourth-order valence-corrected chi connectivity index (χ4v) is 2.64. The second kappa shape index (κ2) is 6.01. The molecule has 0 fully saturated rings. The molecule has 0 radical (unpaired) electrons. The summed E-state index contributed by atoms with van der Waals surface area (Å²) < 4.78 is 12.5. The van der Waals surface area contributed by atoms with Gasteiger partial charge in [-0.15, -0.1) is 0 Å². The maximum absolute atomic E-state index is 9.12. The average Bonchev–Trinajstić information content (AvgIpc) is 2.98. The summed E-state index contributed by atoms with van der Waals surface area (Å²) in [4.78, 5) is 4.62. The van der Waals surface area contributed by atoms with E-state index in [0.717, 1.165) is 22.6 Å². The minimum atomic E-state index is 0.660. The van der Waals surface area contributed by atoms with Crippen LogP contribution in [0.5, 0.6) is 11.5 Å². The molecule has 3 aromatic rings. The van der Waals surface area contributed by atoms with Crippen molar-refractivity contribution in [1.82, 2.24) is 9.38 Å². The molecule has 0 atom stereocenters. The number of fused-ring (bicyclic) bond motifs is 1. The van der Waals surface area contributed by atoms with E-state index in [4.69, 9.17) is 14.7 Å². The molecule has 0 bridgehead atoms. The predicted octanol–water partition coefficient (Wildman–Crippen LogP) is 3.12. The highest BCUT2D eigenvalue weighted by Crippen LogP contribution is 2.28.